The monoisotopic (exact) mass is 249 g/mol. The minimum Gasteiger partial charge on any atom is -0.460 e. The van der Waals surface area contributed by atoms with Crippen LogP contribution in [-0.2, 0) is 11.2 Å². The van der Waals surface area contributed by atoms with Crippen molar-refractivity contribution >= 4 is 17.1 Å². The lowest BCUT2D eigenvalue weighted by atomic mass is 10.2. The zero-order valence-corrected chi connectivity index (χ0v) is 10.8. The molecule has 2 aromatic heterocycles. The Balaban J connectivity index is 1.98. The predicted molar refractivity (Wildman–Crippen MR) is 68.2 cm³/mol. The molecule has 0 aliphatic rings. The molecule has 2 aromatic rings. The van der Waals surface area contributed by atoms with Gasteiger partial charge in [-0.3, -0.25) is 0 Å². The molecular weight excluding hydrogens is 234 g/mol. The highest BCUT2D eigenvalue weighted by atomic mass is 32.1. The molecule has 0 spiro atoms. The van der Waals surface area contributed by atoms with Crippen molar-refractivity contribution in [2.45, 2.75) is 33.1 Å². The lowest BCUT2D eigenvalue weighted by molar-refractivity contribution is -0.117. The van der Waals surface area contributed by atoms with E-state index in [1.807, 2.05) is 24.4 Å². The number of aromatic nitrogens is 1. The molecule has 4 heteroatoms. The summed E-state index contributed by atoms with van der Waals surface area (Å²) in [5.74, 6) is 1.95. The van der Waals surface area contributed by atoms with Crippen LogP contribution < -0.4 is 0 Å². The number of furan rings is 1. The Hall–Kier alpha value is -1.42. The van der Waals surface area contributed by atoms with Crippen LogP contribution in [0.3, 0.4) is 0 Å². The first-order valence-electron chi connectivity index (χ1n) is 5.66. The summed E-state index contributed by atoms with van der Waals surface area (Å²) in [6.45, 7) is 3.54. The predicted octanol–water partition coefficient (Wildman–Crippen LogP) is 3.62. The Labute approximate surface area is 104 Å². The lowest BCUT2D eigenvalue weighted by Gasteiger charge is -1.93. The topological polar surface area (TPSA) is 43.1 Å². The molecule has 2 heterocycles. The third-order valence-corrected chi connectivity index (χ3v) is 3.37. The molecule has 3 nitrogen and oxygen atoms in total. The fourth-order valence-corrected chi connectivity index (χ4v) is 2.43. The summed E-state index contributed by atoms with van der Waals surface area (Å²) in [5.41, 5.74) is 0.890. The van der Waals surface area contributed by atoms with E-state index in [1.165, 1.54) is 0 Å². The van der Waals surface area contributed by atoms with Gasteiger partial charge in [0.15, 0.2) is 5.76 Å². The SMILES string of the molecule is CC(=O)CCCc1nc(-c2ccc(C)o2)cs1. The zero-order chi connectivity index (χ0) is 12.3. The molecule has 0 N–H and O–H groups in total. The van der Waals surface area contributed by atoms with Gasteiger partial charge in [-0.15, -0.1) is 11.3 Å². The van der Waals surface area contributed by atoms with E-state index in [4.69, 9.17) is 4.42 Å². The third-order valence-electron chi connectivity index (χ3n) is 2.46. The average molecular weight is 249 g/mol. The van der Waals surface area contributed by atoms with Crippen LogP contribution >= 0.6 is 11.3 Å². The van der Waals surface area contributed by atoms with Crippen LogP contribution in [0.1, 0.15) is 30.5 Å². The Bertz CT molecular complexity index is 513. The van der Waals surface area contributed by atoms with Gasteiger partial charge in [0.2, 0.25) is 0 Å². The molecule has 0 amide bonds. The number of ketones is 1. The van der Waals surface area contributed by atoms with E-state index in [2.05, 4.69) is 4.98 Å². The molecule has 0 fully saturated rings. The number of aryl methyl sites for hydroxylation is 2. The molecule has 0 radical (unpaired) electrons. The highest BCUT2D eigenvalue weighted by Crippen LogP contribution is 2.24. The van der Waals surface area contributed by atoms with Crippen molar-refractivity contribution in [3.05, 3.63) is 28.3 Å². The molecule has 2 rings (SSSR count). The van der Waals surface area contributed by atoms with E-state index >= 15 is 0 Å². The summed E-state index contributed by atoms with van der Waals surface area (Å²) in [7, 11) is 0. The van der Waals surface area contributed by atoms with Gasteiger partial charge in [0.25, 0.3) is 0 Å². The lowest BCUT2D eigenvalue weighted by Crippen LogP contribution is -1.92. The number of thiazole rings is 1. The molecule has 0 bridgehead atoms. The molecule has 0 aliphatic carbocycles. The second kappa shape index (κ2) is 5.27. The second-order valence-electron chi connectivity index (χ2n) is 4.09. The van der Waals surface area contributed by atoms with E-state index in [0.29, 0.717) is 6.42 Å². The fraction of sp³-hybridized carbons (Fsp3) is 0.385. The summed E-state index contributed by atoms with van der Waals surface area (Å²) in [6, 6.07) is 3.87. The molecule has 0 atom stereocenters. The van der Waals surface area contributed by atoms with Gasteiger partial charge in [-0.2, -0.15) is 0 Å². The van der Waals surface area contributed by atoms with Gasteiger partial charge in [-0.25, -0.2) is 4.98 Å². The number of carbonyl (C=O) groups excluding carboxylic acids is 1. The molecule has 17 heavy (non-hydrogen) atoms. The molecule has 0 saturated carbocycles. The normalized spacial score (nSPS) is 10.7. The van der Waals surface area contributed by atoms with Crippen molar-refractivity contribution in [3.63, 3.8) is 0 Å². The van der Waals surface area contributed by atoms with Crippen molar-refractivity contribution in [3.8, 4) is 11.5 Å². The number of Topliss-reactive ketones (excluding diaryl/α,β-unsaturated/α-hetero) is 1. The van der Waals surface area contributed by atoms with E-state index in [0.717, 1.165) is 35.1 Å². The van der Waals surface area contributed by atoms with Crippen molar-refractivity contribution in [1.82, 2.24) is 4.98 Å². The average Bonchev–Trinajstić information content (AvgIpc) is 2.86. The molecule has 0 aliphatic heterocycles. The van der Waals surface area contributed by atoms with Crippen LogP contribution in [0.4, 0.5) is 0 Å². The van der Waals surface area contributed by atoms with Crippen LogP contribution in [0.25, 0.3) is 11.5 Å². The number of nitrogens with zero attached hydrogens (tertiary/aromatic N) is 1. The maximum atomic E-state index is 10.8. The second-order valence-corrected chi connectivity index (χ2v) is 5.04. The minimum absolute atomic E-state index is 0.239. The number of hydrogen-bond donors (Lipinski definition) is 0. The van der Waals surface area contributed by atoms with Gasteiger partial charge in [0.1, 0.15) is 17.2 Å². The molecule has 0 unspecified atom stereocenters. The van der Waals surface area contributed by atoms with Gasteiger partial charge < -0.3 is 9.21 Å². The Kier molecular flexibility index (Phi) is 3.74. The quantitative estimate of drug-likeness (QED) is 0.812. The van der Waals surface area contributed by atoms with Crippen LogP contribution in [0.2, 0.25) is 0 Å². The maximum absolute atomic E-state index is 10.8. The van der Waals surface area contributed by atoms with Gasteiger partial charge >= 0.3 is 0 Å². The first-order chi connectivity index (χ1) is 8.15. The molecule has 90 valence electrons. The third kappa shape index (κ3) is 3.27. The van der Waals surface area contributed by atoms with Gasteiger partial charge in [0.05, 0.1) is 5.01 Å². The smallest absolute Gasteiger partial charge is 0.153 e. The molecule has 0 saturated heterocycles. The van der Waals surface area contributed by atoms with E-state index in [9.17, 15) is 4.79 Å². The van der Waals surface area contributed by atoms with E-state index < -0.39 is 0 Å². The zero-order valence-electron chi connectivity index (χ0n) is 10.0. The highest BCUT2D eigenvalue weighted by Gasteiger charge is 2.08. The maximum Gasteiger partial charge on any atom is 0.153 e. The first kappa shape index (κ1) is 12.0. The van der Waals surface area contributed by atoms with E-state index in [-0.39, 0.29) is 5.78 Å². The van der Waals surface area contributed by atoms with Crippen molar-refractivity contribution in [2.24, 2.45) is 0 Å². The summed E-state index contributed by atoms with van der Waals surface area (Å²) in [4.78, 5) is 15.3. The summed E-state index contributed by atoms with van der Waals surface area (Å²) < 4.78 is 5.52. The number of hydrogen-bond acceptors (Lipinski definition) is 4. The van der Waals surface area contributed by atoms with Crippen molar-refractivity contribution < 1.29 is 9.21 Å². The molecule has 0 aromatic carbocycles. The van der Waals surface area contributed by atoms with Gasteiger partial charge in [-0.05, 0) is 38.8 Å². The minimum atomic E-state index is 0.239. The summed E-state index contributed by atoms with van der Waals surface area (Å²) >= 11 is 1.62. The van der Waals surface area contributed by atoms with Gasteiger partial charge in [0, 0.05) is 11.8 Å². The van der Waals surface area contributed by atoms with Crippen molar-refractivity contribution in [1.29, 1.82) is 0 Å². The van der Waals surface area contributed by atoms with Crippen LogP contribution in [-0.4, -0.2) is 10.8 Å². The Morgan fingerprint density at radius 1 is 1.47 bits per heavy atom. The molecular formula is C13H15NO2S. The Morgan fingerprint density at radius 2 is 2.29 bits per heavy atom. The van der Waals surface area contributed by atoms with Crippen molar-refractivity contribution in [2.75, 3.05) is 0 Å². The van der Waals surface area contributed by atoms with E-state index in [1.54, 1.807) is 18.3 Å². The van der Waals surface area contributed by atoms with Crippen LogP contribution in [0.5, 0.6) is 0 Å². The summed E-state index contributed by atoms with van der Waals surface area (Å²) in [5, 5.41) is 3.07. The Morgan fingerprint density at radius 3 is 2.94 bits per heavy atom. The van der Waals surface area contributed by atoms with Crippen LogP contribution in [0, 0.1) is 6.92 Å². The standard InChI is InChI=1S/C13H15NO2S/c1-9(15)4-3-5-13-14-11(8-17-13)12-7-6-10(2)16-12/h6-8H,3-5H2,1-2H3. The highest BCUT2D eigenvalue weighted by molar-refractivity contribution is 7.09. The largest absolute Gasteiger partial charge is 0.460 e. The first-order valence-corrected chi connectivity index (χ1v) is 6.54. The van der Waals surface area contributed by atoms with Gasteiger partial charge in [-0.1, -0.05) is 0 Å². The number of carbonyl (C=O) groups is 1. The summed E-state index contributed by atoms with van der Waals surface area (Å²) in [6.07, 6.45) is 2.37. The fourth-order valence-electron chi connectivity index (χ4n) is 1.60. The number of rotatable bonds is 5. The van der Waals surface area contributed by atoms with Crippen LogP contribution in [0.15, 0.2) is 21.9 Å².